The standard InChI is InChI=1S/C12H20N2S/c1-10(11-7-13-9-15-11)14-8-12(2)5-3-4-6-12/h7,9-10,14H,3-6,8H2,1-2H3. The number of rotatable bonds is 4. The summed E-state index contributed by atoms with van der Waals surface area (Å²) in [5.41, 5.74) is 2.45. The molecule has 84 valence electrons. The Morgan fingerprint density at radius 3 is 2.87 bits per heavy atom. The first kappa shape index (κ1) is 11.1. The zero-order valence-electron chi connectivity index (χ0n) is 9.62. The molecule has 1 N–H and O–H groups in total. The summed E-state index contributed by atoms with van der Waals surface area (Å²) in [4.78, 5) is 5.46. The fourth-order valence-electron chi connectivity index (χ4n) is 2.34. The quantitative estimate of drug-likeness (QED) is 0.848. The minimum absolute atomic E-state index is 0.454. The number of hydrogen-bond donors (Lipinski definition) is 1. The molecule has 3 heteroatoms. The first-order valence-corrected chi connectivity index (χ1v) is 6.69. The van der Waals surface area contributed by atoms with Crippen molar-refractivity contribution in [3.05, 3.63) is 16.6 Å². The zero-order chi connectivity index (χ0) is 10.7. The van der Waals surface area contributed by atoms with Crippen LogP contribution < -0.4 is 5.32 Å². The lowest BCUT2D eigenvalue weighted by Gasteiger charge is -2.25. The van der Waals surface area contributed by atoms with E-state index in [0.717, 1.165) is 6.54 Å². The maximum absolute atomic E-state index is 4.12. The van der Waals surface area contributed by atoms with Crippen molar-refractivity contribution in [2.45, 2.75) is 45.6 Å². The third-order valence-electron chi connectivity index (χ3n) is 3.52. The van der Waals surface area contributed by atoms with Crippen LogP contribution in [0.3, 0.4) is 0 Å². The summed E-state index contributed by atoms with van der Waals surface area (Å²) < 4.78 is 0. The van der Waals surface area contributed by atoms with E-state index in [2.05, 4.69) is 24.1 Å². The molecule has 1 heterocycles. The van der Waals surface area contributed by atoms with Gasteiger partial charge in [-0.3, -0.25) is 4.98 Å². The lowest BCUT2D eigenvalue weighted by Crippen LogP contribution is -2.31. The van der Waals surface area contributed by atoms with E-state index in [1.54, 1.807) is 11.3 Å². The Labute approximate surface area is 96.1 Å². The number of hydrogen-bond acceptors (Lipinski definition) is 3. The summed E-state index contributed by atoms with van der Waals surface area (Å²) in [7, 11) is 0. The summed E-state index contributed by atoms with van der Waals surface area (Å²) in [6.45, 7) is 5.78. The minimum Gasteiger partial charge on any atom is -0.309 e. The lowest BCUT2D eigenvalue weighted by atomic mass is 9.88. The highest BCUT2D eigenvalue weighted by atomic mass is 32.1. The van der Waals surface area contributed by atoms with Crippen LogP contribution in [-0.2, 0) is 0 Å². The van der Waals surface area contributed by atoms with Crippen LogP contribution in [0, 0.1) is 5.41 Å². The Hall–Kier alpha value is -0.410. The van der Waals surface area contributed by atoms with E-state index >= 15 is 0 Å². The Morgan fingerprint density at radius 1 is 1.53 bits per heavy atom. The minimum atomic E-state index is 0.454. The van der Waals surface area contributed by atoms with Gasteiger partial charge in [0.05, 0.1) is 5.51 Å². The summed E-state index contributed by atoms with van der Waals surface area (Å²) in [5, 5.41) is 3.64. The average Bonchev–Trinajstić information content (AvgIpc) is 2.85. The summed E-state index contributed by atoms with van der Waals surface area (Å²) in [6, 6.07) is 0.454. The molecule has 0 aliphatic heterocycles. The Kier molecular flexibility index (Phi) is 3.42. The van der Waals surface area contributed by atoms with Gasteiger partial charge in [0, 0.05) is 23.7 Å². The molecular weight excluding hydrogens is 204 g/mol. The molecular formula is C12H20N2S. The molecule has 1 atom stereocenters. The molecule has 2 rings (SSSR count). The van der Waals surface area contributed by atoms with E-state index in [1.807, 2.05) is 11.7 Å². The van der Waals surface area contributed by atoms with Gasteiger partial charge in [-0.15, -0.1) is 11.3 Å². The van der Waals surface area contributed by atoms with Gasteiger partial charge in [0.15, 0.2) is 0 Å². The molecule has 1 aromatic rings. The van der Waals surface area contributed by atoms with E-state index in [4.69, 9.17) is 0 Å². The third-order valence-corrected chi connectivity index (χ3v) is 4.48. The van der Waals surface area contributed by atoms with Crippen LogP contribution in [-0.4, -0.2) is 11.5 Å². The zero-order valence-corrected chi connectivity index (χ0v) is 10.4. The van der Waals surface area contributed by atoms with Crippen LogP contribution in [0.1, 0.15) is 50.4 Å². The predicted molar refractivity (Wildman–Crippen MR) is 65.1 cm³/mol. The molecule has 2 nitrogen and oxygen atoms in total. The molecule has 1 aromatic heterocycles. The molecule has 0 spiro atoms. The summed E-state index contributed by atoms with van der Waals surface area (Å²) in [6.07, 6.45) is 7.56. The van der Waals surface area contributed by atoms with Gasteiger partial charge in [-0.25, -0.2) is 0 Å². The van der Waals surface area contributed by atoms with Gasteiger partial charge in [-0.05, 0) is 25.2 Å². The fraction of sp³-hybridized carbons (Fsp3) is 0.750. The molecule has 0 saturated heterocycles. The molecule has 0 bridgehead atoms. The van der Waals surface area contributed by atoms with Gasteiger partial charge < -0.3 is 5.32 Å². The van der Waals surface area contributed by atoms with Crippen molar-refractivity contribution in [2.24, 2.45) is 5.41 Å². The third kappa shape index (κ3) is 2.79. The molecule has 0 radical (unpaired) electrons. The topological polar surface area (TPSA) is 24.9 Å². The monoisotopic (exact) mass is 224 g/mol. The van der Waals surface area contributed by atoms with Crippen molar-refractivity contribution in [2.75, 3.05) is 6.54 Å². The fourth-order valence-corrected chi connectivity index (χ4v) is 3.00. The summed E-state index contributed by atoms with van der Waals surface area (Å²) in [5.74, 6) is 0. The van der Waals surface area contributed by atoms with Gasteiger partial charge in [-0.1, -0.05) is 19.8 Å². The average molecular weight is 224 g/mol. The molecule has 1 aliphatic rings. The molecule has 1 saturated carbocycles. The van der Waals surface area contributed by atoms with Gasteiger partial charge in [0.1, 0.15) is 0 Å². The molecule has 1 unspecified atom stereocenters. The van der Waals surface area contributed by atoms with Crippen molar-refractivity contribution in [1.29, 1.82) is 0 Å². The molecule has 0 amide bonds. The molecule has 1 aliphatic carbocycles. The van der Waals surface area contributed by atoms with Crippen LogP contribution in [0.4, 0.5) is 0 Å². The van der Waals surface area contributed by atoms with E-state index in [1.165, 1.54) is 30.6 Å². The highest BCUT2D eigenvalue weighted by Gasteiger charge is 2.28. The molecule has 0 aromatic carbocycles. The largest absolute Gasteiger partial charge is 0.309 e. The van der Waals surface area contributed by atoms with Crippen molar-refractivity contribution in [3.63, 3.8) is 0 Å². The number of nitrogens with one attached hydrogen (secondary N) is 1. The van der Waals surface area contributed by atoms with Gasteiger partial charge in [0.2, 0.25) is 0 Å². The van der Waals surface area contributed by atoms with E-state index in [0.29, 0.717) is 11.5 Å². The van der Waals surface area contributed by atoms with Crippen molar-refractivity contribution in [3.8, 4) is 0 Å². The van der Waals surface area contributed by atoms with Crippen LogP contribution in [0.2, 0.25) is 0 Å². The highest BCUT2D eigenvalue weighted by Crippen LogP contribution is 2.37. The van der Waals surface area contributed by atoms with Crippen LogP contribution >= 0.6 is 11.3 Å². The Morgan fingerprint density at radius 2 is 2.27 bits per heavy atom. The van der Waals surface area contributed by atoms with Crippen LogP contribution in [0.15, 0.2) is 11.7 Å². The number of thiazole rings is 1. The second kappa shape index (κ2) is 4.62. The maximum atomic E-state index is 4.12. The molecule has 1 fully saturated rings. The van der Waals surface area contributed by atoms with Crippen molar-refractivity contribution < 1.29 is 0 Å². The Bertz CT molecular complexity index is 289. The second-order valence-electron chi connectivity index (χ2n) is 5.02. The normalized spacial score (nSPS) is 21.7. The second-order valence-corrected chi connectivity index (χ2v) is 5.94. The SMILES string of the molecule is CC(NCC1(C)CCCC1)c1cncs1. The number of aromatic nitrogens is 1. The van der Waals surface area contributed by atoms with Gasteiger partial charge >= 0.3 is 0 Å². The smallest absolute Gasteiger partial charge is 0.0794 e. The number of nitrogens with zero attached hydrogens (tertiary/aromatic N) is 1. The van der Waals surface area contributed by atoms with Crippen LogP contribution in [0.25, 0.3) is 0 Å². The first-order chi connectivity index (χ1) is 7.20. The molecule has 15 heavy (non-hydrogen) atoms. The van der Waals surface area contributed by atoms with E-state index in [9.17, 15) is 0 Å². The Balaban J connectivity index is 1.83. The van der Waals surface area contributed by atoms with E-state index in [-0.39, 0.29) is 0 Å². The van der Waals surface area contributed by atoms with Gasteiger partial charge in [0.25, 0.3) is 0 Å². The lowest BCUT2D eigenvalue weighted by molar-refractivity contribution is 0.302. The summed E-state index contributed by atoms with van der Waals surface area (Å²) >= 11 is 1.74. The van der Waals surface area contributed by atoms with E-state index < -0.39 is 0 Å². The van der Waals surface area contributed by atoms with Gasteiger partial charge in [-0.2, -0.15) is 0 Å². The van der Waals surface area contributed by atoms with Crippen molar-refractivity contribution in [1.82, 2.24) is 10.3 Å². The first-order valence-electron chi connectivity index (χ1n) is 5.81. The highest BCUT2D eigenvalue weighted by molar-refractivity contribution is 7.09. The van der Waals surface area contributed by atoms with Crippen molar-refractivity contribution >= 4 is 11.3 Å². The maximum Gasteiger partial charge on any atom is 0.0794 e. The predicted octanol–water partition coefficient (Wildman–Crippen LogP) is 3.37. The van der Waals surface area contributed by atoms with Crippen LogP contribution in [0.5, 0.6) is 0 Å².